The number of hydrogen-bond donors (Lipinski definition) is 2. The summed E-state index contributed by atoms with van der Waals surface area (Å²) >= 11 is 1.71. The summed E-state index contributed by atoms with van der Waals surface area (Å²) in [7, 11) is 0. The van der Waals surface area contributed by atoms with Crippen molar-refractivity contribution in [3.63, 3.8) is 0 Å². The standard InChI is InChI=1S/C21H16N4OS/c26-25-18-6-3-13-10-15(4-5-16(13)18)24-20-17-7-9-23-12-19(17)27-21(20)14-2-1-8-22-11-14/h1-2,4-5,7-12,24,26H,3,6H2. The fourth-order valence-electron chi connectivity index (χ4n) is 3.57. The van der Waals surface area contributed by atoms with Gasteiger partial charge in [-0.1, -0.05) is 17.3 Å². The molecule has 0 amide bonds. The molecule has 132 valence electrons. The van der Waals surface area contributed by atoms with Gasteiger partial charge in [-0.3, -0.25) is 9.97 Å². The van der Waals surface area contributed by atoms with Gasteiger partial charge in [-0.25, -0.2) is 0 Å². The number of fused-ring (bicyclic) bond motifs is 2. The van der Waals surface area contributed by atoms with Crippen LogP contribution in [0.2, 0.25) is 0 Å². The molecule has 0 aliphatic heterocycles. The second kappa shape index (κ2) is 6.48. The number of pyridine rings is 2. The quantitative estimate of drug-likeness (QED) is 0.382. The van der Waals surface area contributed by atoms with Crippen LogP contribution in [0.4, 0.5) is 11.4 Å². The predicted molar refractivity (Wildman–Crippen MR) is 109 cm³/mol. The number of aryl methyl sites for hydroxylation is 1. The molecule has 0 saturated carbocycles. The molecule has 0 radical (unpaired) electrons. The van der Waals surface area contributed by atoms with E-state index in [0.29, 0.717) is 0 Å². The van der Waals surface area contributed by atoms with Crippen LogP contribution in [0, 0.1) is 0 Å². The predicted octanol–water partition coefficient (Wildman–Crippen LogP) is 5.23. The number of aromatic nitrogens is 2. The first-order valence-electron chi connectivity index (χ1n) is 8.71. The van der Waals surface area contributed by atoms with Crippen molar-refractivity contribution in [3.8, 4) is 10.4 Å². The lowest BCUT2D eigenvalue weighted by molar-refractivity contribution is 0.318. The van der Waals surface area contributed by atoms with Gasteiger partial charge in [0.2, 0.25) is 0 Å². The summed E-state index contributed by atoms with van der Waals surface area (Å²) in [5.41, 5.74) is 6.18. The van der Waals surface area contributed by atoms with Gasteiger partial charge in [-0.15, -0.1) is 11.3 Å². The van der Waals surface area contributed by atoms with Crippen LogP contribution in [0.1, 0.15) is 17.5 Å². The Morgan fingerprint density at radius 2 is 1.96 bits per heavy atom. The summed E-state index contributed by atoms with van der Waals surface area (Å²) in [5.74, 6) is 0. The molecule has 0 atom stereocenters. The Hall–Kier alpha value is -3.25. The first-order chi connectivity index (χ1) is 13.3. The number of hydrogen-bond acceptors (Lipinski definition) is 6. The maximum Gasteiger partial charge on any atom is 0.0873 e. The molecule has 4 aromatic rings. The Morgan fingerprint density at radius 3 is 2.81 bits per heavy atom. The minimum atomic E-state index is 0.764. The van der Waals surface area contributed by atoms with Gasteiger partial charge >= 0.3 is 0 Å². The normalized spacial score (nSPS) is 14.6. The largest absolute Gasteiger partial charge is 0.411 e. The lowest BCUT2D eigenvalue weighted by Crippen LogP contribution is -1.96. The van der Waals surface area contributed by atoms with Crippen molar-refractivity contribution in [1.82, 2.24) is 9.97 Å². The zero-order valence-corrected chi connectivity index (χ0v) is 15.2. The molecule has 0 saturated heterocycles. The summed E-state index contributed by atoms with van der Waals surface area (Å²) in [6.45, 7) is 0. The monoisotopic (exact) mass is 372 g/mol. The molecule has 5 nitrogen and oxygen atoms in total. The van der Waals surface area contributed by atoms with E-state index in [0.717, 1.165) is 56.0 Å². The number of oxime groups is 1. The Kier molecular flexibility index (Phi) is 3.83. The van der Waals surface area contributed by atoms with E-state index in [1.54, 1.807) is 17.5 Å². The zero-order valence-electron chi connectivity index (χ0n) is 14.4. The SMILES string of the molecule is ON=C1CCc2cc(Nc3c(-c4cccnc4)sc4cnccc34)ccc21. The van der Waals surface area contributed by atoms with Crippen molar-refractivity contribution in [1.29, 1.82) is 0 Å². The molecule has 6 heteroatoms. The number of nitrogens with one attached hydrogen (secondary N) is 1. The highest BCUT2D eigenvalue weighted by molar-refractivity contribution is 7.23. The molecule has 0 unspecified atom stereocenters. The highest BCUT2D eigenvalue weighted by Gasteiger charge is 2.19. The van der Waals surface area contributed by atoms with Crippen molar-refractivity contribution in [2.45, 2.75) is 12.8 Å². The van der Waals surface area contributed by atoms with E-state index in [4.69, 9.17) is 5.21 Å². The average Bonchev–Trinajstić information content (AvgIpc) is 3.30. The van der Waals surface area contributed by atoms with Crippen LogP contribution in [0.25, 0.3) is 20.5 Å². The van der Waals surface area contributed by atoms with Gasteiger partial charge in [-0.05, 0) is 42.7 Å². The molecule has 2 N–H and O–H groups in total. The molecule has 1 aromatic carbocycles. The Labute approximate surface area is 160 Å². The lowest BCUT2D eigenvalue weighted by atomic mass is 10.1. The van der Waals surface area contributed by atoms with Crippen molar-refractivity contribution in [2.24, 2.45) is 5.16 Å². The summed E-state index contributed by atoms with van der Waals surface area (Å²) in [6.07, 6.45) is 9.07. The van der Waals surface area contributed by atoms with Gasteiger partial charge < -0.3 is 10.5 Å². The molecule has 0 fully saturated rings. The van der Waals surface area contributed by atoms with Crippen molar-refractivity contribution in [2.75, 3.05) is 5.32 Å². The van der Waals surface area contributed by atoms with Gasteiger partial charge in [0.25, 0.3) is 0 Å². The van der Waals surface area contributed by atoms with Gasteiger partial charge in [-0.2, -0.15) is 0 Å². The maximum absolute atomic E-state index is 9.13. The highest BCUT2D eigenvalue weighted by Crippen LogP contribution is 2.43. The van der Waals surface area contributed by atoms with Gasteiger partial charge in [0.1, 0.15) is 0 Å². The van der Waals surface area contributed by atoms with E-state index in [1.807, 2.05) is 42.9 Å². The van der Waals surface area contributed by atoms with Crippen LogP contribution in [0.5, 0.6) is 0 Å². The minimum Gasteiger partial charge on any atom is -0.411 e. The Balaban J connectivity index is 1.61. The molecule has 5 rings (SSSR count). The smallest absolute Gasteiger partial charge is 0.0873 e. The van der Waals surface area contributed by atoms with Crippen molar-refractivity contribution in [3.05, 3.63) is 72.3 Å². The summed E-state index contributed by atoms with van der Waals surface area (Å²) in [6, 6.07) is 12.3. The molecular formula is C21H16N4OS. The van der Waals surface area contributed by atoms with Crippen LogP contribution >= 0.6 is 11.3 Å². The topological polar surface area (TPSA) is 70.4 Å². The fraction of sp³-hybridized carbons (Fsp3) is 0.0952. The van der Waals surface area contributed by atoms with Gasteiger partial charge in [0.15, 0.2) is 0 Å². The molecule has 1 aliphatic rings. The third-order valence-corrected chi connectivity index (χ3v) is 6.04. The van der Waals surface area contributed by atoms with E-state index in [9.17, 15) is 0 Å². The summed E-state index contributed by atoms with van der Waals surface area (Å²) < 4.78 is 1.13. The van der Waals surface area contributed by atoms with Crippen LogP contribution in [0.3, 0.4) is 0 Å². The van der Waals surface area contributed by atoms with Gasteiger partial charge in [0.05, 0.1) is 21.0 Å². The second-order valence-electron chi connectivity index (χ2n) is 6.46. The molecule has 0 bridgehead atoms. The summed E-state index contributed by atoms with van der Waals surface area (Å²) in [5, 5.41) is 17.3. The molecule has 27 heavy (non-hydrogen) atoms. The van der Waals surface area contributed by atoms with Crippen molar-refractivity contribution < 1.29 is 5.21 Å². The highest BCUT2D eigenvalue weighted by atomic mass is 32.1. The number of rotatable bonds is 3. The lowest BCUT2D eigenvalue weighted by Gasteiger charge is -2.10. The van der Waals surface area contributed by atoms with Crippen LogP contribution in [0.15, 0.2) is 66.3 Å². The first-order valence-corrected chi connectivity index (χ1v) is 9.53. The maximum atomic E-state index is 9.13. The third kappa shape index (κ3) is 2.74. The molecule has 3 aromatic heterocycles. The van der Waals surface area contributed by atoms with Crippen LogP contribution in [-0.4, -0.2) is 20.9 Å². The number of benzene rings is 1. The van der Waals surface area contributed by atoms with Crippen LogP contribution in [-0.2, 0) is 6.42 Å². The Morgan fingerprint density at radius 1 is 1.04 bits per heavy atom. The molecule has 1 aliphatic carbocycles. The molecule has 0 spiro atoms. The van der Waals surface area contributed by atoms with E-state index >= 15 is 0 Å². The first kappa shape index (κ1) is 16.0. The number of thiophene rings is 1. The number of nitrogens with zero attached hydrogens (tertiary/aromatic N) is 3. The Bertz CT molecular complexity index is 1170. The third-order valence-electron chi connectivity index (χ3n) is 4.85. The van der Waals surface area contributed by atoms with E-state index in [-0.39, 0.29) is 0 Å². The van der Waals surface area contributed by atoms with Gasteiger partial charge in [0, 0.05) is 47.0 Å². The fourth-order valence-corrected chi connectivity index (χ4v) is 4.69. The molecular weight excluding hydrogens is 356 g/mol. The minimum absolute atomic E-state index is 0.764. The van der Waals surface area contributed by atoms with E-state index in [2.05, 4.69) is 32.6 Å². The van der Waals surface area contributed by atoms with E-state index in [1.165, 1.54) is 5.56 Å². The van der Waals surface area contributed by atoms with Crippen LogP contribution < -0.4 is 5.32 Å². The molecule has 3 heterocycles. The van der Waals surface area contributed by atoms with E-state index < -0.39 is 0 Å². The number of anilines is 2. The average molecular weight is 372 g/mol. The zero-order chi connectivity index (χ0) is 18.2. The summed E-state index contributed by atoms with van der Waals surface area (Å²) in [4.78, 5) is 9.68. The van der Waals surface area contributed by atoms with Crippen molar-refractivity contribution >= 4 is 38.5 Å². The second-order valence-corrected chi connectivity index (χ2v) is 7.52.